The first-order chi connectivity index (χ1) is 9.61. The average molecular weight is 398 g/mol. The van der Waals surface area contributed by atoms with Crippen LogP contribution in [0.1, 0.15) is 29.3 Å². The molecule has 0 aliphatic rings. The second kappa shape index (κ2) is 7.04. The molecule has 0 N–H and O–H groups in total. The van der Waals surface area contributed by atoms with Gasteiger partial charge < -0.3 is 4.74 Å². The summed E-state index contributed by atoms with van der Waals surface area (Å²) in [5, 5.41) is 0. The molecule has 0 fully saturated rings. The highest BCUT2D eigenvalue weighted by atomic mass is 79.9. The van der Waals surface area contributed by atoms with Crippen LogP contribution in [0.15, 0.2) is 51.4 Å². The zero-order chi connectivity index (χ0) is 14.5. The maximum Gasteiger partial charge on any atom is 0.193 e. The molecule has 2 nitrogen and oxygen atoms in total. The molecule has 2 aromatic rings. The SMILES string of the molecule is CCCOc1ccc(C(=O)c2cccc(Br)c2)cc1Br. The molecule has 0 unspecified atom stereocenters. The molecule has 0 spiro atoms. The number of hydrogen-bond donors (Lipinski definition) is 0. The molecule has 0 aromatic heterocycles. The largest absolute Gasteiger partial charge is 0.492 e. The number of halogens is 2. The third-order valence-corrected chi connectivity index (χ3v) is 3.86. The summed E-state index contributed by atoms with van der Waals surface area (Å²) in [7, 11) is 0. The molecule has 0 heterocycles. The Bertz CT molecular complexity index is 624. The minimum Gasteiger partial charge on any atom is -0.492 e. The maximum atomic E-state index is 12.4. The van der Waals surface area contributed by atoms with Crippen molar-refractivity contribution in [1.82, 2.24) is 0 Å². The van der Waals surface area contributed by atoms with Gasteiger partial charge in [0.05, 0.1) is 11.1 Å². The summed E-state index contributed by atoms with van der Waals surface area (Å²) in [4.78, 5) is 12.4. The lowest BCUT2D eigenvalue weighted by atomic mass is 10.0. The van der Waals surface area contributed by atoms with Gasteiger partial charge >= 0.3 is 0 Å². The number of benzene rings is 2. The summed E-state index contributed by atoms with van der Waals surface area (Å²) in [6.07, 6.45) is 0.950. The Hall–Kier alpha value is -1.13. The lowest BCUT2D eigenvalue weighted by Gasteiger charge is -2.08. The zero-order valence-electron chi connectivity index (χ0n) is 11.0. The summed E-state index contributed by atoms with van der Waals surface area (Å²) in [6.45, 7) is 2.72. The van der Waals surface area contributed by atoms with Gasteiger partial charge in [-0.05, 0) is 52.7 Å². The first-order valence-electron chi connectivity index (χ1n) is 6.34. The fourth-order valence-electron chi connectivity index (χ4n) is 1.77. The van der Waals surface area contributed by atoms with E-state index in [9.17, 15) is 4.79 Å². The van der Waals surface area contributed by atoms with Crippen LogP contribution in [-0.2, 0) is 0 Å². The quantitative estimate of drug-likeness (QED) is 0.645. The van der Waals surface area contributed by atoms with Gasteiger partial charge in [-0.2, -0.15) is 0 Å². The minimum absolute atomic E-state index is 0.00552. The Morgan fingerprint density at radius 3 is 2.50 bits per heavy atom. The molecule has 0 saturated carbocycles. The summed E-state index contributed by atoms with van der Waals surface area (Å²) in [5.74, 6) is 0.756. The van der Waals surface area contributed by atoms with Gasteiger partial charge in [-0.15, -0.1) is 0 Å². The Labute approximate surface area is 135 Å². The highest BCUT2D eigenvalue weighted by Gasteiger charge is 2.11. The topological polar surface area (TPSA) is 26.3 Å². The van der Waals surface area contributed by atoms with Crippen LogP contribution in [-0.4, -0.2) is 12.4 Å². The van der Waals surface area contributed by atoms with E-state index in [2.05, 4.69) is 38.8 Å². The highest BCUT2D eigenvalue weighted by Crippen LogP contribution is 2.27. The Kier molecular flexibility index (Phi) is 5.38. The molecule has 20 heavy (non-hydrogen) atoms. The maximum absolute atomic E-state index is 12.4. The lowest BCUT2D eigenvalue weighted by molar-refractivity contribution is 0.103. The van der Waals surface area contributed by atoms with Crippen LogP contribution >= 0.6 is 31.9 Å². The minimum atomic E-state index is -0.00552. The molecule has 0 aliphatic carbocycles. The van der Waals surface area contributed by atoms with Crippen molar-refractivity contribution in [2.75, 3.05) is 6.61 Å². The third kappa shape index (κ3) is 3.70. The molecular weight excluding hydrogens is 384 g/mol. The van der Waals surface area contributed by atoms with E-state index in [-0.39, 0.29) is 5.78 Å². The molecule has 0 radical (unpaired) electrons. The van der Waals surface area contributed by atoms with E-state index in [1.54, 1.807) is 12.1 Å². The van der Waals surface area contributed by atoms with Gasteiger partial charge in [-0.3, -0.25) is 4.79 Å². The first kappa shape index (κ1) is 15.3. The second-order valence-electron chi connectivity index (χ2n) is 4.33. The first-order valence-corrected chi connectivity index (χ1v) is 7.93. The van der Waals surface area contributed by atoms with Gasteiger partial charge in [-0.25, -0.2) is 0 Å². The Morgan fingerprint density at radius 2 is 1.85 bits per heavy atom. The van der Waals surface area contributed by atoms with Crippen LogP contribution in [0.2, 0.25) is 0 Å². The van der Waals surface area contributed by atoms with E-state index >= 15 is 0 Å². The van der Waals surface area contributed by atoms with E-state index in [1.165, 1.54) is 0 Å². The van der Waals surface area contributed by atoms with Gasteiger partial charge in [0.1, 0.15) is 5.75 Å². The van der Waals surface area contributed by atoms with Gasteiger partial charge in [0, 0.05) is 15.6 Å². The second-order valence-corrected chi connectivity index (χ2v) is 6.10. The van der Waals surface area contributed by atoms with Gasteiger partial charge in [0.25, 0.3) is 0 Å². The van der Waals surface area contributed by atoms with Crippen LogP contribution < -0.4 is 4.74 Å². The molecule has 0 amide bonds. The number of ketones is 1. The number of carbonyl (C=O) groups is 1. The van der Waals surface area contributed by atoms with Crippen molar-refractivity contribution >= 4 is 37.6 Å². The van der Waals surface area contributed by atoms with Gasteiger partial charge in [0.2, 0.25) is 0 Å². The van der Waals surface area contributed by atoms with E-state index in [0.717, 1.165) is 21.1 Å². The molecule has 104 valence electrons. The summed E-state index contributed by atoms with van der Waals surface area (Å²) in [5.41, 5.74) is 1.30. The predicted octanol–water partition coefficient (Wildman–Crippen LogP) is 5.23. The van der Waals surface area contributed by atoms with Crippen molar-refractivity contribution in [2.45, 2.75) is 13.3 Å². The van der Waals surface area contributed by atoms with Crippen molar-refractivity contribution in [3.63, 3.8) is 0 Å². The van der Waals surface area contributed by atoms with Crippen molar-refractivity contribution < 1.29 is 9.53 Å². The predicted molar refractivity (Wildman–Crippen MR) is 87.5 cm³/mol. The average Bonchev–Trinajstić information content (AvgIpc) is 2.45. The van der Waals surface area contributed by atoms with Crippen LogP contribution in [0.5, 0.6) is 5.75 Å². The van der Waals surface area contributed by atoms with Crippen molar-refractivity contribution in [2.24, 2.45) is 0 Å². The molecule has 0 bridgehead atoms. The molecule has 4 heteroatoms. The molecule has 0 saturated heterocycles. The highest BCUT2D eigenvalue weighted by molar-refractivity contribution is 9.10. The Balaban J connectivity index is 2.25. The van der Waals surface area contributed by atoms with Crippen molar-refractivity contribution in [3.8, 4) is 5.75 Å². The van der Waals surface area contributed by atoms with Gasteiger partial charge in [0.15, 0.2) is 5.78 Å². The van der Waals surface area contributed by atoms with E-state index in [4.69, 9.17) is 4.74 Å². The number of hydrogen-bond acceptors (Lipinski definition) is 2. The monoisotopic (exact) mass is 396 g/mol. The van der Waals surface area contributed by atoms with E-state index in [1.807, 2.05) is 30.3 Å². The van der Waals surface area contributed by atoms with Crippen LogP contribution in [0.4, 0.5) is 0 Å². The number of ether oxygens (including phenoxy) is 1. The molecule has 2 aromatic carbocycles. The van der Waals surface area contributed by atoms with E-state index in [0.29, 0.717) is 17.7 Å². The number of rotatable bonds is 5. The van der Waals surface area contributed by atoms with Gasteiger partial charge in [-0.1, -0.05) is 35.0 Å². The normalized spacial score (nSPS) is 10.3. The van der Waals surface area contributed by atoms with Crippen molar-refractivity contribution in [3.05, 3.63) is 62.5 Å². The smallest absolute Gasteiger partial charge is 0.193 e. The molecular formula is C16H14Br2O2. The zero-order valence-corrected chi connectivity index (χ0v) is 14.2. The summed E-state index contributed by atoms with van der Waals surface area (Å²) >= 11 is 6.82. The van der Waals surface area contributed by atoms with E-state index < -0.39 is 0 Å². The Morgan fingerprint density at radius 1 is 1.10 bits per heavy atom. The molecule has 0 aliphatic heterocycles. The van der Waals surface area contributed by atoms with Crippen LogP contribution in [0.3, 0.4) is 0 Å². The van der Waals surface area contributed by atoms with Crippen LogP contribution in [0.25, 0.3) is 0 Å². The third-order valence-electron chi connectivity index (χ3n) is 2.74. The molecule has 0 atom stereocenters. The standard InChI is InChI=1S/C16H14Br2O2/c1-2-8-20-15-7-6-12(10-14(15)18)16(19)11-4-3-5-13(17)9-11/h3-7,9-10H,2,8H2,1H3. The fraction of sp³-hybridized carbons (Fsp3) is 0.188. The summed E-state index contributed by atoms with van der Waals surface area (Å²) < 4.78 is 7.27. The van der Waals surface area contributed by atoms with Crippen molar-refractivity contribution in [1.29, 1.82) is 0 Å². The molecule has 2 rings (SSSR count). The number of carbonyl (C=O) groups excluding carboxylic acids is 1. The summed E-state index contributed by atoms with van der Waals surface area (Å²) in [6, 6.07) is 12.8. The lowest BCUT2D eigenvalue weighted by Crippen LogP contribution is -2.02. The fourth-order valence-corrected chi connectivity index (χ4v) is 2.66. The van der Waals surface area contributed by atoms with Crippen LogP contribution in [0, 0.1) is 0 Å².